The van der Waals surface area contributed by atoms with Gasteiger partial charge in [0.25, 0.3) is 0 Å². The Morgan fingerprint density at radius 3 is 2.63 bits per heavy atom. The maximum atomic E-state index is 10.9. The van der Waals surface area contributed by atoms with Gasteiger partial charge in [-0.25, -0.2) is 0 Å². The second-order valence-electron chi connectivity index (χ2n) is 5.94. The number of nitrogens with zero attached hydrogens (tertiary/aromatic N) is 1. The Kier molecular flexibility index (Phi) is 3.11. The average Bonchev–Trinajstić information content (AvgIpc) is 2.86. The molecule has 1 aromatic carbocycles. The van der Waals surface area contributed by atoms with Crippen LogP contribution in [0.15, 0.2) is 30.5 Å². The number of piperidine rings is 1. The maximum Gasteiger partial charge on any atom is 0.0921 e. The second-order valence-corrected chi connectivity index (χ2v) is 5.94. The molecular formula is C16H22N2O. The Bertz CT molecular complexity index is 565. The first-order valence-corrected chi connectivity index (χ1v) is 7.12. The quantitative estimate of drug-likeness (QED) is 0.869. The molecule has 1 aliphatic rings. The summed E-state index contributed by atoms with van der Waals surface area (Å²) in [6.07, 6.45) is 3.59. The van der Waals surface area contributed by atoms with Crippen LogP contribution >= 0.6 is 0 Å². The van der Waals surface area contributed by atoms with E-state index >= 15 is 0 Å². The van der Waals surface area contributed by atoms with E-state index in [0.29, 0.717) is 6.04 Å². The van der Waals surface area contributed by atoms with E-state index in [0.717, 1.165) is 37.0 Å². The summed E-state index contributed by atoms with van der Waals surface area (Å²) in [6, 6.07) is 8.88. The fourth-order valence-electron chi connectivity index (χ4n) is 3.04. The van der Waals surface area contributed by atoms with Crippen molar-refractivity contribution in [3.8, 4) is 0 Å². The molecule has 1 aromatic heterocycles. The van der Waals surface area contributed by atoms with Crippen LogP contribution in [-0.2, 0) is 5.60 Å². The molecule has 3 rings (SSSR count). The number of fused-ring (bicyclic) bond motifs is 1. The lowest BCUT2D eigenvalue weighted by Crippen LogP contribution is -2.45. The summed E-state index contributed by atoms with van der Waals surface area (Å²) in [7, 11) is 0. The van der Waals surface area contributed by atoms with Crippen molar-refractivity contribution in [3.63, 3.8) is 0 Å². The fraction of sp³-hybridized carbons (Fsp3) is 0.500. The largest absolute Gasteiger partial charge is 0.385 e. The van der Waals surface area contributed by atoms with Gasteiger partial charge in [-0.15, -0.1) is 0 Å². The van der Waals surface area contributed by atoms with Gasteiger partial charge >= 0.3 is 0 Å². The third kappa shape index (κ3) is 2.28. The van der Waals surface area contributed by atoms with Crippen LogP contribution in [0.3, 0.4) is 0 Å². The minimum Gasteiger partial charge on any atom is -0.385 e. The SMILES string of the molecule is CC(C)N1CCC(O)(c2ccc3[nH]ccc3c2)CC1. The van der Waals surface area contributed by atoms with Gasteiger partial charge in [0.1, 0.15) is 0 Å². The summed E-state index contributed by atoms with van der Waals surface area (Å²) in [6.45, 7) is 6.38. The highest BCUT2D eigenvalue weighted by molar-refractivity contribution is 5.80. The van der Waals surface area contributed by atoms with Gasteiger partial charge in [-0.2, -0.15) is 0 Å². The molecule has 0 unspecified atom stereocenters. The highest BCUT2D eigenvalue weighted by Gasteiger charge is 2.34. The van der Waals surface area contributed by atoms with E-state index in [4.69, 9.17) is 0 Å². The zero-order chi connectivity index (χ0) is 13.5. The number of nitrogens with one attached hydrogen (secondary N) is 1. The van der Waals surface area contributed by atoms with E-state index in [2.05, 4.69) is 48.0 Å². The van der Waals surface area contributed by atoms with E-state index < -0.39 is 5.60 Å². The zero-order valence-electron chi connectivity index (χ0n) is 11.7. The van der Waals surface area contributed by atoms with Crippen molar-refractivity contribution in [1.29, 1.82) is 0 Å². The topological polar surface area (TPSA) is 39.3 Å². The summed E-state index contributed by atoms with van der Waals surface area (Å²) in [4.78, 5) is 5.63. The molecule has 1 fully saturated rings. The van der Waals surface area contributed by atoms with Crippen molar-refractivity contribution in [1.82, 2.24) is 9.88 Å². The number of aromatic nitrogens is 1. The number of benzene rings is 1. The molecule has 0 aliphatic carbocycles. The first-order valence-electron chi connectivity index (χ1n) is 7.12. The fourth-order valence-corrected chi connectivity index (χ4v) is 3.04. The van der Waals surface area contributed by atoms with E-state index in [1.165, 1.54) is 5.39 Å². The summed E-state index contributed by atoms with van der Waals surface area (Å²) in [5.74, 6) is 0. The van der Waals surface area contributed by atoms with Crippen LogP contribution in [-0.4, -0.2) is 34.1 Å². The molecule has 0 bridgehead atoms. The van der Waals surface area contributed by atoms with Crippen LogP contribution in [0, 0.1) is 0 Å². The van der Waals surface area contributed by atoms with Gasteiger partial charge < -0.3 is 15.0 Å². The van der Waals surface area contributed by atoms with Gasteiger partial charge in [0, 0.05) is 30.8 Å². The predicted molar refractivity (Wildman–Crippen MR) is 78.1 cm³/mol. The van der Waals surface area contributed by atoms with Crippen LogP contribution in [0.25, 0.3) is 10.9 Å². The molecule has 1 saturated heterocycles. The number of aromatic amines is 1. The van der Waals surface area contributed by atoms with Crippen molar-refractivity contribution >= 4 is 10.9 Å². The molecule has 0 spiro atoms. The maximum absolute atomic E-state index is 10.9. The van der Waals surface area contributed by atoms with Crippen LogP contribution in [0.1, 0.15) is 32.3 Å². The summed E-state index contributed by atoms with van der Waals surface area (Å²) in [5.41, 5.74) is 1.53. The van der Waals surface area contributed by atoms with Gasteiger partial charge in [-0.1, -0.05) is 6.07 Å². The van der Waals surface area contributed by atoms with E-state index in [1.54, 1.807) is 0 Å². The smallest absolute Gasteiger partial charge is 0.0921 e. The normalized spacial score (nSPS) is 20.2. The summed E-state index contributed by atoms with van der Waals surface area (Å²) < 4.78 is 0. The lowest BCUT2D eigenvalue weighted by Gasteiger charge is -2.40. The number of rotatable bonds is 2. The first kappa shape index (κ1) is 12.7. The number of H-pyrrole nitrogens is 1. The van der Waals surface area contributed by atoms with E-state index in [-0.39, 0.29) is 0 Å². The Morgan fingerprint density at radius 2 is 1.95 bits per heavy atom. The minimum absolute atomic E-state index is 0.566. The van der Waals surface area contributed by atoms with Gasteiger partial charge in [-0.05, 0) is 55.8 Å². The Hall–Kier alpha value is -1.32. The third-order valence-corrected chi connectivity index (χ3v) is 4.45. The standard InChI is InChI=1S/C16H22N2O/c1-12(2)18-9-6-16(19,7-10-18)14-3-4-15-13(11-14)5-8-17-15/h3-5,8,11-12,17,19H,6-7,9-10H2,1-2H3. The van der Waals surface area contributed by atoms with Crippen LogP contribution < -0.4 is 0 Å². The van der Waals surface area contributed by atoms with Gasteiger partial charge in [0.05, 0.1) is 5.60 Å². The van der Waals surface area contributed by atoms with Gasteiger partial charge in [-0.3, -0.25) is 0 Å². The van der Waals surface area contributed by atoms with Crippen molar-refractivity contribution in [2.75, 3.05) is 13.1 Å². The molecule has 2 heterocycles. The molecule has 19 heavy (non-hydrogen) atoms. The van der Waals surface area contributed by atoms with Crippen LogP contribution in [0.2, 0.25) is 0 Å². The van der Waals surface area contributed by atoms with Crippen molar-refractivity contribution in [2.45, 2.75) is 38.3 Å². The molecule has 0 saturated carbocycles. The van der Waals surface area contributed by atoms with Gasteiger partial charge in [0.15, 0.2) is 0 Å². The van der Waals surface area contributed by atoms with Crippen molar-refractivity contribution < 1.29 is 5.11 Å². The summed E-state index contributed by atoms with van der Waals surface area (Å²) in [5, 5.41) is 12.1. The zero-order valence-corrected chi connectivity index (χ0v) is 11.7. The molecule has 2 N–H and O–H groups in total. The number of hydrogen-bond donors (Lipinski definition) is 2. The lowest BCUT2D eigenvalue weighted by molar-refractivity contribution is -0.0322. The lowest BCUT2D eigenvalue weighted by atomic mass is 9.83. The van der Waals surface area contributed by atoms with E-state index in [1.807, 2.05) is 6.20 Å². The Balaban J connectivity index is 1.84. The van der Waals surface area contributed by atoms with Crippen molar-refractivity contribution in [3.05, 3.63) is 36.0 Å². The highest BCUT2D eigenvalue weighted by Crippen LogP contribution is 2.34. The number of hydrogen-bond acceptors (Lipinski definition) is 2. The molecule has 0 atom stereocenters. The molecule has 102 valence electrons. The molecule has 2 aromatic rings. The summed E-state index contributed by atoms with van der Waals surface area (Å²) >= 11 is 0. The second kappa shape index (κ2) is 4.66. The van der Waals surface area contributed by atoms with Gasteiger partial charge in [0.2, 0.25) is 0 Å². The average molecular weight is 258 g/mol. The molecule has 1 aliphatic heterocycles. The number of aliphatic hydroxyl groups is 1. The highest BCUT2D eigenvalue weighted by atomic mass is 16.3. The van der Waals surface area contributed by atoms with Crippen molar-refractivity contribution in [2.24, 2.45) is 0 Å². The van der Waals surface area contributed by atoms with Crippen LogP contribution in [0.5, 0.6) is 0 Å². The molecular weight excluding hydrogens is 236 g/mol. The Morgan fingerprint density at radius 1 is 1.21 bits per heavy atom. The predicted octanol–water partition coefficient (Wildman–Crippen LogP) is 2.86. The van der Waals surface area contributed by atoms with E-state index in [9.17, 15) is 5.11 Å². The third-order valence-electron chi connectivity index (χ3n) is 4.45. The Labute approximate surface area is 114 Å². The first-order chi connectivity index (χ1) is 9.08. The monoisotopic (exact) mass is 258 g/mol. The molecule has 0 amide bonds. The molecule has 3 heteroatoms. The molecule has 3 nitrogen and oxygen atoms in total. The molecule has 0 radical (unpaired) electrons. The number of likely N-dealkylation sites (tertiary alicyclic amines) is 1. The minimum atomic E-state index is -0.656. The van der Waals surface area contributed by atoms with Crippen LogP contribution in [0.4, 0.5) is 0 Å².